The van der Waals surface area contributed by atoms with E-state index in [9.17, 15) is 27.3 Å². The number of nitrogens with zero attached hydrogens (tertiary/aromatic N) is 2. The first-order valence-corrected chi connectivity index (χ1v) is 6.14. The van der Waals surface area contributed by atoms with Crippen LogP contribution in [0.1, 0.15) is 12.0 Å². The molecule has 0 atom stereocenters. The quantitative estimate of drug-likeness (QED) is 0.662. The summed E-state index contributed by atoms with van der Waals surface area (Å²) in [5, 5.41) is 15.1. The standard InChI is InChI=1S/C6H4BrF2N3O4S/c7-4-3(5(8)9)2(17(10,15)16)1-11-6(4)12(13)14/h1,5H,(H2,10,15,16). The summed E-state index contributed by atoms with van der Waals surface area (Å²) in [6, 6.07) is 0. The lowest BCUT2D eigenvalue weighted by molar-refractivity contribution is -0.390. The van der Waals surface area contributed by atoms with E-state index in [-0.39, 0.29) is 0 Å². The Bertz CT molecular complexity index is 577. The van der Waals surface area contributed by atoms with E-state index in [0.29, 0.717) is 6.20 Å². The van der Waals surface area contributed by atoms with Crippen molar-refractivity contribution in [1.82, 2.24) is 4.98 Å². The third-order valence-electron chi connectivity index (χ3n) is 1.70. The number of sulfonamides is 1. The van der Waals surface area contributed by atoms with Gasteiger partial charge < -0.3 is 10.1 Å². The van der Waals surface area contributed by atoms with Crippen LogP contribution in [0.3, 0.4) is 0 Å². The van der Waals surface area contributed by atoms with E-state index in [2.05, 4.69) is 20.9 Å². The zero-order valence-corrected chi connectivity index (χ0v) is 10.2. The number of primary sulfonamides is 1. The summed E-state index contributed by atoms with van der Waals surface area (Å²) in [5.74, 6) is -0.910. The Balaban J connectivity index is 3.69. The topological polar surface area (TPSA) is 116 Å². The second kappa shape index (κ2) is 4.58. The van der Waals surface area contributed by atoms with Crippen molar-refractivity contribution in [2.24, 2.45) is 5.14 Å². The van der Waals surface area contributed by atoms with E-state index in [0.717, 1.165) is 0 Å². The van der Waals surface area contributed by atoms with E-state index >= 15 is 0 Å². The van der Waals surface area contributed by atoms with Gasteiger partial charge in [-0.3, -0.25) is 0 Å². The molecular formula is C6H4BrF2N3O4S. The van der Waals surface area contributed by atoms with Crippen molar-refractivity contribution in [3.63, 3.8) is 0 Å². The van der Waals surface area contributed by atoms with Crippen molar-refractivity contribution in [3.8, 4) is 0 Å². The van der Waals surface area contributed by atoms with Gasteiger partial charge in [-0.2, -0.15) is 0 Å². The summed E-state index contributed by atoms with van der Waals surface area (Å²) in [4.78, 5) is 11.6. The number of aromatic nitrogens is 1. The van der Waals surface area contributed by atoms with Crippen molar-refractivity contribution in [2.45, 2.75) is 11.3 Å². The lowest BCUT2D eigenvalue weighted by atomic mass is 10.2. The zero-order chi connectivity index (χ0) is 13.4. The zero-order valence-electron chi connectivity index (χ0n) is 7.80. The van der Waals surface area contributed by atoms with Gasteiger partial charge in [0.1, 0.15) is 9.37 Å². The molecule has 0 spiro atoms. The van der Waals surface area contributed by atoms with Crippen LogP contribution in [0.5, 0.6) is 0 Å². The smallest absolute Gasteiger partial charge is 0.358 e. The monoisotopic (exact) mass is 331 g/mol. The predicted molar refractivity (Wildman–Crippen MR) is 54.9 cm³/mol. The second-order valence-electron chi connectivity index (χ2n) is 2.78. The lowest BCUT2D eigenvalue weighted by Crippen LogP contribution is -2.16. The van der Waals surface area contributed by atoms with Crippen molar-refractivity contribution < 1.29 is 22.1 Å². The summed E-state index contributed by atoms with van der Waals surface area (Å²) >= 11 is 2.52. The molecule has 17 heavy (non-hydrogen) atoms. The third kappa shape index (κ3) is 2.73. The first kappa shape index (κ1) is 13.9. The maximum atomic E-state index is 12.7. The minimum Gasteiger partial charge on any atom is -0.358 e. The molecule has 7 nitrogen and oxygen atoms in total. The van der Waals surface area contributed by atoms with E-state index in [4.69, 9.17) is 5.14 Å². The third-order valence-corrected chi connectivity index (χ3v) is 3.42. The number of pyridine rings is 1. The predicted octanol–water partition coefficient (Wildman–Crippen LogP) is 1.34. The molecule has 0 amide bonds. The normalized spacial score (nSPS) is 11.8. The Hall–Kier alpha value is -1.20. The number of rotatable bonds is 3. The molecule has 94 valence electrons. The lowest BCUT2D eigenvalue weighted by Gasteiger charge is -2.07. The fourth-order valence-corrected chi connectivity index (χ4v) is 2.49. The molecular weight excluding hydrogens is 328 g/mol. The van der Waals surface area contributed by atoms with Crippen LogP contribution in [0, 0.1) is 10.1 Å². The van der Waals surface area contributed by atoms with Gasteiger partial charge >= 0.3 is 5.82 Å². The van der Waals surface area contributed by atoms with Gasteiger partial charge in [-0.05, 0) is 25.8 Å². The number of hydrogen-bond acceptors (Lipinski definition) is 5. The molecule has 1 rings (SSSR count). The maximum Gasteiger partial charge on any atom is 0.378 e. The van der Waals surface area contributed by atoms with Crippen molar-refractivity contribution in [1.29, 1.82) is 0 Å². The summed E-state index contributed by atoms with van der Waals surface area (Å²) < 4.78 is 46.6. The summed E-state index contributed by atoms with van der Waals surface area (Å²) in [6.45, 7) is 0. The highest BCUT2D eigenvalue weighted by Crippen LogP contribution is 2.36. The average molecular weight is 332 g/mol. The van der Waals surface area contributed by atoms with Crippen LogP contribution in [0.15, 0.2) is 15.6 Å². The van der Waals surface area contributed by atoms with Gasteiger partial charge in [0.15, 0.2) is 6.20 Å². The Morgan fingerprint density at radius 3 is 2.41 bits per heavy atom. The molecule has 0 aliphatic rings. The fourth-order valence-electron chi connectivity index (χ4n) is 1.03. The maximum absolute atomic E-state index is 12.7. The minimum absolute atomic E-state index is 0.430. The van der Waals surface area contributed by atoms with Gasteiger partial charge in [-0.25, -0.2) is 22.3 Å². The van der Waals surface area contributed by atoms with Crippen molar-refractivity contribution in [3.05, 3.63) is 26.3 Å². The van der Waals surface area contributed by atoms with Crippen LogP contribution in [-0.4, -0.2) is 18.3 Å². The van der Waals surface area contributed by atoms with Crippen LogP contribution in [0.2, 0.25) is 0 Å². The van der Waals surface area contributed by atoms with Gasteiger partial charge in [0, 0.05) is 0 Å². The van der Waals surface area contributed by atoms with E-state index in [1.165, 1.54) is 0 Å². The SMILES string of the molecule is NS(=O)(=O)c1cnc([N+](=O)[O-])c(Br)c1C(F)F. The molecule has 0 fully saturated rings. The highest BCUT2D eigenvalue weighted by atomic mass is 79.9. The van der Waals surface area contributed by atoms with Crippen LogP contribution in [0.4, 0.5) is 14.6 Å². The minimum atomic E-state index is -4.44. The van der Waals surface area contributed by atoms with Crippen LogP contribution < -0.4 is 5.14 Å². The van der Waals surface area contributed by atoms with E-state index < -0.39 is 42.1 Å². The molecule has 1 aromatic rings. The molecule has 0 aromatic carbocycles. The first-order chi connectivity index (χ1) is 7.66. The summed E-state index contributed by atoms with van der Waals surface area (Å²) in [7, 11) is -4.44. The molecule has 0 saturated heterocycles. The van der Waals surface area contributed by atoms with E-state index in [1.54, 1.807) is 0 Å². The molecule has 0 radical (unpaired) electrons. The molecule has 1 heterocycles. The van der Waals surface area contributed by atoms with Gasteiger partial charge in [0.05, 0.1) is 5.56 Å². The summed E-state index contributed by atoms with van der Waals surface area (Å²) in [6.07, 6.45) is -2.82. The largest absolute Gasteiger partial charge is 0.378 e. The van der Waals surface area contributed by atoms with Gasteiger partial charge in [0.2, 0.25) is 10.0 Å². The highest BCUT2D eigenvalue weighted by Gasteiger charge is 2.31. The summed E-state index contributed by atoms with van der Waals surface area (Å²) in [5.41, 5.74) is -1.07. The van der Waals surface area contributed by atoms with Crippen LogP contribution in [0.25, 0.3) is 0 Å². The first-order valence-electron chi connectivity index (χ1n) is 3.80. The Kier molecular flexibility index (Phi) is 3.74. The molecule has 2 N–H and O–H groups in total. The molecule has 0 unspecified atom stereocenters. The average Bonchev–Trinajstić information content (AvgIpc) is 2.14. The van der Waals surface area contributed by atoms with Crippen LogP contribution >= 0.6 is 15.9 Å². The van der Waals surface area contributed by atoms with E-state index in [1.807, 2.05) is 0 Å². The Labute approximate surface area is 102 Å². The highest BCUT2D eigenvalue weighted by molar-refractivity contribution is 9.10. The molecule has 1 aromatic heterocycles. The van der Waals surface area contributed by atoms with Gasteiger partial charge in [0.25, 0.3) is 6.43 Å². The second-order valence-corrected chi connectivity index (χ2v) is 5.10. The molecule has 11 heteroatoms. The fraction of sp³-hybridized carbons (Fsp3) is 0.167. The van der Waals surface area contributed by atoms with Gasteiger partial charge in [-0.15, -0.1) is 0 Å². The number of nitrogens with two attached hydrogens (primary N) is 1. The number of halogens is 3. The Morgan fingerprint density at radius 2 is 2.06 bits per heavy atom. The molecule has 0 saturated carbocycles. The van der Waals surface area contributed by atoms with Crippen LogP contribution in [-0.2, 0) is 10.0 Å². The molecule has 0 aliphatic carbocycles. The van der Waals surface area contributed by atoms with Crippen molar-refractivity contribution in [2.75, 3.05) is 0 Å². The van der Waals surface area contributed by atoms with Gasteiger partial charge in [-0.1, -0.05) is 0 Å². The number of alkyl halides is 2. The Morgan fingerprint density at radius 1 is 1.53 bits per heavy atom. The number of nitro groups is 1. The molecule has 0 aliphatic heterocycles. The number of hydrogen-bond donors (Lipinski definition) is 1. The molecule has 0 bridgehead atoms. The van der Waals surface area contributed by atoms with Crippen molar-refractivity contribution >= 4 is 31.8 Å².